The van der Waals surface area contributed by atoms with Gasteiger partial charge in [-0.15, -0.1) is 0 Å². The number of hydrogen-bond acceptors (Lipinski definition) is 8. The number of anilines is 1. The molecular weight excluding hydrogens is 480 g/mol. The fraction of sp³-hybridized carbons (Fsp3) is 0.346. The number of ether oxygens (including phenoxy) is 2. The van der Waals surface area contributed by atoms with Crippen LogP contribution in [-0.2, 0) is 9.84 Å². The molecule has 1 aromatic carbocycles. The predicted molar refractivity (Wildman–Crippen MR) is 135 cm³/mol. The minimum absolute atomic E-state index is 0.0876. The third kappa shape index (κ3) is 4.99. The minimum Gasteiger partial charge on any atom is -0.494 e. The van der Waals surface area contributed by atoms with Crippen LogP contribution in [-0.4, -0.2) is 43.0 Å². The lowest BCUT2D eigenvalue weighted by Crippen LogP contribution is -2.40. The van der Waals surface area contributed by atoms with Crippen molar-refractivity contribution in [1.82, 2.24) is 9.97 Å². The Morgan fingerprint density at radius 1 is 1.14 bits per heavy atom. The highest BCUT2D eigenvalue weighted by Gasteiger charge is 2.40. The first-order valence-corrected chi connectivity index (χ1v) is 13.2. The zero-order chi connectivity index (χ0) is 26.1. The summed E-state index contributed by atoms with van der Waals surface area (Å²) in [5, 5.41) is -0.264. The Labute approximate surface area is 211 Å². The topological polar surface area (TPSA) is 125 Å². The second-order valence-electron chi connectivity index (χ2n) is 9.43. The maximum atomic E-state index is 13.7. The summed E-state index contributed by atoms with van der Waals surface area (Å²) in [6.07, 6.45) is 2.25. The first-order valence-electron chi connectivity index (χ1n) is 11.7. The third-order valence-electron chi connectivity index (χ3n) is 6.09. The lowest BCUT2D eigenvalue weighted by Gasteiger charge is -2.33. The van der Waals surface area contributed by atoms with Gasteiger partial charge in [0.05, 0.1) is 11.5 Å². The molecule has 0 saturated carbocycles. The Kier molecular flexibility index (Phi) is 6.90. The van der Waals surface area contributed by atoms with Gasteiger partial charge in [-0.1, -0.05) is 13.0 Å². The van der Waals surface area contributed by atoms with Crippen LogP contribution < -0.4 is 20.1 Å². The second kappa shape index (κ2) is 9.77. The van der Waals surface area contributed by atoms with E-state index in [4.69, 9.17) is 15.2 Å². The van der Waals surface area contributed by atoms with E-state index >= 15 is 0 Å². The molecule has 1 unspecified atom stereocenters. The van der Waals surface area contributed by atoms with E-state index < -0.39 is 15.7 Å². The lowest BCUT2D eigenvalue weighted by atomic mass is 9.97. The highest BCUT2D eigenvalue weighted by atomic mass is 32.2. The van der Waals surface area contributed by atoms with E-state index in [0.29, 0.717) is 30.6 Å². The van der Waals surface area contributed by atoms with Crippen LogP contribution >= 0.6 is 0 Å². The number of carbonyl (C=O) groups is 1. The van der Waals surface area contributed by atoms with E-state index in [0.717, 1.165) is 6.42 Å². The Balaban J connectivity index is 1.72. The number of amides is 1. The van der Waals surface area contributed by atoms with Crippen LogP contribution in [0.4, 0.5) is 5.82 Å². The molecule has 4 rings (SSSR count). The smallest absolute Gasteiger partial charge is 0.253 e. The summed E-state index contributed by atoms with van der Waals surface area (Å²) in [4.78, 5) is 22.9. The van der Waals surface area contributed by atoms with E-state index in [-0.39, 0.29) is 32.7 Å². The van der Waals surface area contributed by atoms with Crippen molar-refractivity contribution >= 4 is 21.6 Å². The molecule has 1 atom stereocenters. The van der Waals surface area contributed by atoms with Gasteiger partial charge in [-0.2, -0.15) is 0 Å². The van der Waals surface area contributed by atoms with Crippen molar-refractivity contribution in [2.45, 2.75) is 49.6 Å². The van der Waals surface area contributed by atoms with E-state index in [1.807, 2.05) is 25.7 Å². The number of nitrogens with two attached hydrogens (primary N) is 1. The summed E-state index contributed by atoms with van der Waals surface area (Å²) >= 11 is 0. The molecule has 0 radical (unpaired) electrons. The number of carbonyl (C=O) groups excluding carboxylic acids is 1. The third-order valence-corrected chi connectivity index (χ3v) is 7.79. The van der Waals surface area contributed by atoms with Crippen molar-refractivity contribution in [3.05, 3.63) is 60.3 Å². The van der Waals surface area contributed by atoms with Crippen LogP contribution in [0.5, 0.6) is 17.4 Å². The molecule has 190 valence electrons. The number of aromatic nitrogens is 2. The maximum Gasteiger partial charge on any atom is 0.253 e. The molecule has 1 aliphatic rings. The Hall–Kier alpha value is -3.66. The van der Waals surface area contributed by atoms with Crippen molar-refractivity contribution in [1.29, 1.82) is 0 Å². The quantitative estimate of drug-likeness (QED) is 0.477. The molecule has 1 saturated heterocycles. The van der Waals surface area contributed by atoms with Crippen LogP contribution in [0.1, 0.15) is 44.5 Å². The molecule has 10 heteroatoms. The Morgan fingerprint density at radius 3 is 2.44 bits per heavy atom. The van der Waals surface area contributed by atoms with E-state index in [2.05, 4.69) is 16.9 Å². The Morgan fingerprint density at radius 2 is 1.83 bits per heavy atom. The normalized spacial score (nSPS) is 17.1. The molecule has 36 heavy (non-hydrogen) atoms. The molecule has 3 aromatic rings. The van der Waals surface area contributed by atoms with Gasteiger partial charge in [0.25, 0.3) is 5.91 Å². The zero-order valence-electron chi connectivity index (χ0n) is 20.8. The molecule has 3 heterocycles. The van der Waals surface area contributed by atoms with Gasteiger partial charge in [0.2, 0.25) is 15.7 Å². The second-order valence-corrected chi connectivity index (χ2v) is 11.3. The van der Waals surface area contributed by atoms with Gasteiger partial charge in [0.15, 0.2) is 5.03 Å². The standard InChI is InChI=1S/C26H30N4O5S/c1-5-34-18-9-11-19(12-10-18)35-21-7-6-8-22(29-21)36(32,33)20-13-14-28-25(23(20)24(27)31)30-16-17(2)15-26(30,3)4/h6-14,17H,5,15-16H2,1-4H3,(H2,27,31). The van der Waals surface area contributed by atoms with Gasteiger partial charge < -0.3 is 20.1 Å². The van der Waals surface area contributed by atoms with Crippen LogP contribution in [0.25, 0.3) is 0 Å². The van der Waals surface area contributed by atoms with Crippen molar-refractivity contribution in [2.75, 3.05) is 18.1 Å². The largest absolute Gasteiger partial charge is 0.494 e. The van der Waals surface area contributed by atoms with Gasteiger partial charge in [-0.3, -0.25) is 4.79 Å². The summed E-state index contributed by atoms with van der Waals surface area (Å²) in [6, 6.07) is 12.6. The molecule has 0 bridgehead atoms. The van der Waals surface area contributed by atoms with Crippen molar-refractivity contribution in [3.8, 4) is 17.4 Å². The monoisotopic (exact) mass is 510 g/mol. The molecule has 2 aromatic heterocycles. The number of hydrogen-bond donors (Lipinski definition) is 1. The highest BCUT2D eigenvalue weighted by molar-refractivity contribution is 7.91. The molecule has 9 nitrogen and oxygen atoms in total. The van der Waals surface area contributed by atoms with Gasteiger partial charge in [-0.05, 0) is 69.5 Å². The van der Waals surface area contributed by atoms with Gasteiger partial charge >= 0.3 is 0 Å². The van der Waals surface area contributed by atoms with Gasteiger partial charge in [0.1, 0.15) is 22.9 Å². The van der Waals surface area contributed by atoms with Crippen molar-refractivity contribution in [3.63, 3.8) is 0 Å². The molecule has 1 fully saturated rings. The maximum absolute atomic E-state index is 13.7. The van der Waals surface area contributed by atoms with Crippen LogP contribution in [0.15, 0.2) is 64.6 Å². The first-order chi connectivity index (χ1) is 17.0. The van der Waals surface area contributed by atoms with Crippen molar-refractivity contribution < 1.29 is 22.7 Å². The molecule has 0 aliphatic carbocycles. The number of benzene rings is 1. The summed E-state index contributed by atoms with van der Waals surface area (Å²) in [5.74, 6) is 0.992. The van der Waals surface area contributed by atoms with Crippen LogP contribution in [0, 0.1) is 5.92 Å². The van der Waals surface area contributed by atoms with Crippen LogP contribution in [0.3, 0.4) is 0 Å². The van der Waals surface area contributed by atoms with E-state index in [1.165, 1.54) is 24.4 Å². The van der Waals surface area contributed by atoms with Crippen LogP contribution in [0.2, 0.25) is 0 Å². The lowest BCUT2D eigenvalue weighted by molar-refractivity contribution is 0.0997. The minimum atomic E-state index is -4.22. The number of primary amides is 1. The SMILES string of the molecule is CCOc1ccc(Oc2cccc(S(=O)(=O)c3ccnc(N4CC(C)CC4(C)C)c3C(N)=O)n2)cc1. The Bertz CT molecular complexity index is 1370. The summed E-state index contributed by atoms with van der Waals surface area (Å²) < 4.78 is 38.6. The molecule has 1 aliphatic heterocycles. The molecule has 1 amide bonds. The summed E-state index contributed by atoms with van der Waals surface area (Å²) in [7, 11) is -4.22. The average Bonchev–Trinajstić information content (AvgIpc) is 3.11. The predicted octanol–water partition coefficient (Wildman–Crippen LogP) is 4.22. The summed E-state index contributed by atoms with van der Waals surface area (Å²) in [5.41, 5.74) is 5.27. The number of nitrogens with zero attached hydrogens (tertiary/aromatic N) is 3. The van der Waals surface area contributed by atoms with Gasteiger partial charge in [-0.25, -0.2) is 18.4 Å². The van der Waals surface area contributed by atoms with Gasteiger partial charge in [0, 0.05) is 24.3 Å². The molecular formula is C26H30N4O5S. The van der Waals surface area contributed by atoms with Crippen molar-refractivity contribution in [2.24, 2.45) is 11.7 Å². The average molecular weight is 511 g/mol. The fourth-order valence-corrected chi connectivity index (χ4v) is 6.05. The number of sulfone groups is 1. The summed E-state index contributed by atoms with van der Waals surface area (Å²) in [6.45, 7) is 9.24. The zero-order valence-corrected chi connectivity index (χ0v) is 21.6. The molecule has 2 N–H and O–H groups in total. The van der Waals surface area contributed by atoms with E-state index in [9.17, 15) is 13.2 Å². The first kappa shape index (κ1) is 25.4. The molecule has 0 spiro atoms. The number of rotatable bonds is 8. The number of pyridine rings is 2. The fourth-order valence-electron chi connectivity index (χ4n) is 4.66. The highest BCUT2D eigenvalue weighted by Crippen LogP contribution is 2.39. The van der Waals surface area contributed by atoms with E-state index in [1.54, 1.807) is 30.3 Å².